The van der Waals surface area contributed by atoms with Gasteiger partial charge in [0.1, 0.15) is 0 Å². The summed E-state index contributed by atoms with van der Waals surface area (Å²) in [5.74, 6) is 1.63. The fourth-order valence-electron chi connectivity index (χ4n) is 5.49. The Morgan fingerprint density at radius 2 is 1.45 bits per heavy atom. The molecule has 38 heavy (non-hydrogen) atoms. The molecule has 0 bridgehead atoms. The lowest BCUT2D eigenvalue weighted by molar-refractivity contribution is 0.811. The van der Waals surface area contributed by atoms with E-state index in [0.29, 0.717) is 16.6 Å². The van der Waals surface area contributed by atoms with Gasteiger partial charge in [0, 0.05) is 5.56 Å². The van der Waals surface area contributed by atoms with E-state index in [1.54, 1.807) is 0 Å². The number of benzene rings is 4. The van der Waals surface area contributed by atoms with E-state index in [2.05, 4.69) is 58.3 Å². The molecular weight excluding hydrogens is 513 g/mol. The molecule has 0 saturated carbocycles. The summed E-state index contributed by atoms with van der Waals surface area (Å²) in [6.45, 7) is 2.71. The van der Waals surface area contributed by atoms with Crippen molar-refractivity contribution in [3.63, 3.8) is 0 Å². The van der Waals surface area contributed by atoms with E-state index in [-0.39, 0.29) is 6.04 Å². The van der Waals surface area contributed by atoms with Gasteiger partial charge in [-0.25, -0.2) is 4.68 Å². The van der Waals surface area contributed by atoms with Crippen molar-refractivity contribution in [2.75, 3.05) is 9.80 Å². The molecule has 2 aliphatic rings. The average molecular weight is 536 g/mol. The average Bonchev–Trinajstić information content (AvgIpc) is 3.45. The van der Waals surface area contributed by atoms with Crippen molar-refractivity contribution < 1.29 is 0 Å². The number of aromatic nitrogens is 2. The van der Waals surface area contributed by atoms with Gasteiger partial charge in [0.2, 0.25) is 5.96 Å². The van der Waals surface area contributed by atoms with Gasteiger partial charge in [-0.2, -0.15) is 10.1 Å². The van der Waals surface area contributed by atoms with E-state index >= 15 is 0 Å². The normalized spacial score (nSPS) is 15.7. The number of hydrogen-bond acceptors (Lipinski definition) is 4. The van der Waals surface area contributed by atoms with Gasteiger partial charge in [-0.1, -0.05) is 96.0 Å². The van der Waals surface area contributed by atoms with Crippen LogP contribution in [0.25, 0.3) is 5.69 Å². The van der Waals surface area contributed by atoms with E-state index in [4.69, 9.17) is 33.3 Å². The Labute approximate surface area is 231 Å². The van der Waals surface area contributed by atoms with Crippen LogP contribution in [0.15, 0.2) is 108 Å². The molecule has 5 aromatic rings. The van der Waals surface area contributed by atoms with Crippen LogP contribution in [0.3, 0.4) is 0 Å². The van der Waals surface area contributed by atoms with Crippen LogP contribution in [0.2, 0.25) is 10.0 Å². The number of anilines is 2. The Morgan fingerprint density at radius 1 is 0.763 bits per heavy atom. The molecule has 7 heteroatoms. The molecule has 186 valence electrons. The number of fused-ring (bicyclic) bond motifs is 4. The minimum Gasteiger partial charge on any atom is -0.305 e. The second-order valence-corrected chi connectivity index (χ2v) is 10.2. The summed E-state index contributed by atoms with van der Waals surface area (Å²) in [7, 11) is 0. The quantitative estimate of drug-likeness (QED) is 0.233. The van der Waals surface area contributed by atoms with Crippen LogP contribution >= 0.6 is 23.2 Å². The number of hydrogen-bond donors (Lipinski definition) is 0. The lowest BCUT2D eigenvalue weighted by atomic mass is 9.95. The molecule has 0 saturated heterocycles. The number of aliphatic imine (C=N–C) groups is 1. The molecule has 1 aromatic heterocycles. The van der Waals surface area contributed by atoms with Crippen LogP contribution in [0.5, 0.6) is 0 Å². The Morgan fingerprint density at radius 3 is 2.21 bits per heavy atom. The van der Waals surface area contributed by atoms with Gasteiger partial charge in [0.15, 0.2) is 5.82 Å². The number of para-hydroxylation sites is 3. The topological polar surface area (TPSA) is 36.7 Å². The maximum atomic E-state index is 6.91. The summed E-state index contributed by atoms with van der Waals surface area (Å²) in [4.78, 5) is 9.87. The molecule has 0 aliphatic carbocycles. The highest BCUT2D eigenvalue weighted by Gasteiger charge is 2.45. The lowest BCUT2D eigenvalue weighted by Crippen LogP contribution is -2.43. The highest BCUT2D eigenvalue weighted by molar-refractivity contribution is 6.42. The molecule has 0 spiro atoms. The van der Waals surface area contributed by atoms with Gasteiger partial charge < -0.3 is 4.90 Å². The number of aryl methyl sites for hydroxylation is 1. The second-order valence-electron chi connectivity index (χ2n) is 9.46. The maximum absolute atomic E-state index is 6.91. The molecule has 4 aromatic carbocycles. The zero-order chi connectivity index (χ0) is 25.8. The van der Waals surface area contributed by atoms with Crippen molar-refractivity contribution in [1.29, 1.82) is 0 Å². The van der Waals surface area contributed by atoms with Gasteiger partial charge in [-0.15, -0.1) is 0 Å². The molecule has 1 atom stereocenters. The standard InChI is InChI=1S/C31H23Cl2N5/c1-20-27-29(23-15-10-16-24(32)28(23)33)37-26-18-9-8-17-25(26)36(19-21-11-4-2-5-12-21)31(37)34-30(27)38(35-20)22-13-6-3-7-14-22/h2-18,29H,19H2,1H3/t29-/m0/s1. The number of halogens is 2. The summed E-state index contributed by atoms with van der Waals surface area (Å²) in [5, 5.41) is 6.03. The molecule has 0 amide bonds. The first kappa shape index (κ1) is 23.1. The van der Waals surface area contributed by atoms with Gasteiger partial charge in [0.05, 0.1) is 45.4 Å². The molecule has 0 N–H and O–H groups in total. The highest BCUT2D eigenvalue weighted by Crippen LogP contribution is 2.52. The Balaban J connectivity index is 1.51. The zero-order valence-electron chi connectivity index (χ0n) is 20.6. The summed E-state index contributed by atoms with van der Waals surface area (Å²) in [6.07, 6.45) is 0. The smallest absolute Gasteiger partial charge is 0.213 e. The maximum Gasteiger partial charge on any atom is 0.213 e. The van der Waals surface area contributed by atoms with Gasteiger partial charge in [-0.05, 0) is 48.4 Å². The summed E-state index contributed by atoms with van der Waals surface area (Å²) in [6, 6.07) is 34.6. The third kappa shape index (κ3) is 3.54. The second kappa shape index (κ2) is 9.05. The summed E-state index contributed by atoms with van der Waals surface area (Å²) < 4.78 is 1.93. The van der Waals surface area contributed by atoms with Crippen LogP contribution in [-0.2, 0) is 6.54 Å². The minimum atomic E-state index is -0.261. The van der Waals surface area contributed by atoms with E-state index in [1.807, 2.05) is 66.2 Å². The molecule has 0 fully saturated rings. The van der Waals surface area contributed by atoms with E-state index in [0.717, 1.165) is 45.7 Å². The van der Waals surface area contributed by atoms with Crippen LogP contribution in [0, 0.1) is 6.92 Å². The predicted molar refractivity (Wildman–Crippen MR) is 155 cm³/mol. The summed E-state index contributed by atoms with van der Waals surface area (Å²) >= 11 is 13.5. The molecule has 3 heterocycles. The van der Waals surface area contributed by atoms with Crippen molar-refractivity contribution >= 4 is 46.4 Å². The van der Waals surface area contributed by atoms with Gasteiger partial charge in [0.25, 0.3) is 0 Å². The van der Waals surface area contributed by atoms with Crippen LogP contribution in [0.1, 0.15) is 28.4 Å². The molecular formula is C31H23Cl2N5. The van der Waals surface area contributed by atoms with Crippen LogP contribution < -0.4 is 9.80 Å². The first-order valence-electron chi connectivity index (χ1n) is 12.5. The van der Waals surface area contributed by atoms with E-state index < -0.39 is 0 Å². The summed E-state index contributed by atoms with van der Waals surface area (Å²) in [5.41, 5.74) is 7.14. The molecule has 0 unspecified atom stereocenters. The van der Waals surface area contributed by atoms with Gasteiger partial charge in [-0.3, -0.25) is 4.90 Å². The fourth-order valence-corrected chi connectivity index (χ4v) is 5.90. The van der Waals surface area contributed by atoms with E-state index in [1.165, 1.54) is 5.56 Å². The third-order valence-corrected chi connectivity index (χ3v) is 8.00. The van der Waals surface area contributed by atoms with Crippen molar-refractivity contribution in [2.24, 2.45) is 4.99 Å². The number of rotatable bonds is 4. The van der Waals surface area contributed by atoms with Gasteiger partial charge >= 0.3 is 0 Å². The molecule has 0 radical (unpaired) electrons. The van der Waals surface area contributed by atoms with Crippen molar-refractivity contribution in [2.45, 2.75) is 19.5 Å². The SMILES string of the molecule is Cc1nn(-c2ccccc2)c2c1[C@H](c1cccc(Cl)c1Cl)N1C(=N2)N(Cc2ccccc2)c2ccccc21. The largest absolute Gasteiger partial charge is 0.305 e. The Bertz CT molecular complexity index is 1690. The molecule has 5 nitrogen and oxygen atoms in total. The number of guanidine groups is 1. The van der Waals surface area contributed by atoms with Crippen molar-refractivity contribution in [3.8, 4) is 5.69 Å². The fraction of sp³-hybridized carbons (Fsp3) is 0.0968. The molecule has 2 aliphatic heterocycles. The first-order valence-corrected chi connectivity index (χ1v) is 13.2. The van der Waals surface area contributed by atoms with Crippen LogP contribution in [0.4, 0.5) is 17.2 Å². The highest BCUT2D eigenvalue weighted by atomic mass is 35.5. The molecule has 7 rings (SSSR count). The van der Waals surface area contributed by atoms with Crippen molar-refractivity contribution in [3.05, 3.63) is 136 Å². The third-order valence-electron chi connectivity index (χ3n) is 7.17. The zero-order valence-corrected chi connectivity index (χ0v) is 22.1. The number of nitrogens with zero attached hydrogens (tertiary/aromatic N) is 5. The predicted octanol–water partition coefficient (Wildman–Crippen LogP) is 8.10. The monoisotopic (exact) mass is 535 g/mol. The van der Waals surface area contributed by atoms with Crippen molar-refractivity contribution in [1.82, 2.24) is 9.78 Å². The van der Waals surface area contributed by atoms with Crippen LogP contribution in [-0.4, -0.2) is 15.7 Å². The van der Waals surface area contributed by atoms with E-state index in [9.17, 15) is 0 Å². The Hall–Kier alpha value is -4.06. The lowest BCUT2D eigenvalue weighted by Gasteiger charge is -2.35. The first-order chi connectivity index (χ1) is 18.6. The minimum absolute atomic E-state index is 0.261. The Kier molecular flexibility index (Phi) is 5.50.